The summed E-state index contributed by atoms with van der Waals surface area (Å²) in [7, 11) is 0. The number of nitro groups is 1. The molecule has 1 aromatic carbocycles. The van der Waals surface area contributed by atoms with Gasteiger partial charge in [-0.2, -0.15) is 0 Å². The molecule has 0 fully saturated rings. The van der Waals surface area contributed by atoms with Gasteiger partial charge in [0.15, 0.2) is 0 Å². The highest BCUT2D eigenvalue weighted by atomic mass is 35.5. The zero-order valence-electron chi connectivity index (χ0n) is 9.41. The van der Waals surface area contributed by atoms with Crippen LogP contribution in [0.2, 0.25) is 10.0 Å². The number of non-ortho nitro benzene ring substituents is 1. The number of hydrogen-bond donors (Lipinski definition) is 1. The molecule has 0 aliphatic carbocycles. The predicted octanol–water partition coefficient (Wildman–Crippen LogP) is 2.88. The summed E-state index contributed by atoms with van der Waals surface area (Å²) in [4.78, 5) is 21.1. The van der Waals surface area contributed by atoms with Gasteiger partial charge in [0.1, 0.15) is 6.54 Å². The van der Waals surface area contributed by atoms with Crippen LogP contribution in [0, 0.1) is 10.1 Å². The standard InChI is InChI=1S/C10H10Cl2N2O4/c1-2-18-9(15)5-13-10-7(11)3-6(14(16)17)4-8(10)12/h3-4,13H,2,5H2,1H3. The number of rotatable bonds is 5. The number of hydrogen-bond acceptors (Lipinski definition) is 5. The van der Waals surface area contributed by atoms with E-state index in [-0.39, 0.29) is 34.6 Å². The van der Waals surface area contributed by atoms with Crippen LogP contribution in [0.5, 0.6) is 0 Å². The van der Waals surface area contributed by atoms with Gasteiger partial charge >= 0.3 is 5.97 Å². The summed E-state index contributed by atoms with van der Waals surface area (Å²) in [6.07, 6.45) is 0. The first kappa shape index (κ1) is 14.5. The molecule has 98 valence electrons. The molecule has 0 bridgehead atoms. The molecule has 0 aliphatic rings. The van der Waals surface area contributed by atoms with Crippen LogP contribution >= 0.6 is 23.2 Å². The number of anilines is 1. The second kappa shape index (κ2) is 6.42. The van der Waals surface area contributed by atoms with Gasteiger partial charge in [-0.05, 0) is 6.92 Å². The molecule has 0 atom stereocenters. The van der Waals surface area contributed by atoms with Crippen molar-refractivity contribution in [2.75, 3.05) is 18.5 Å². The molecule has 1 N–H and O–H groups in total. The molecule has 0 aromatic heterocycles. The minimum absolute atomic E-state index is 0.0681. The van der Waals surface area contributed by atoms with Crippen LogP contribution in [-0.4, -0.2) is 24.0 Å². The molecule has 0 saturated heterocycles. The number of carbonyl (C=O) groups is 1. The number of carbonyl (C=O) groups excluding carboxylic acids is 1. The number of benzene rings is 1. The molecule has 1 rings (SSSR count). The molecule has 0 radical (unpaired) electrons. The highest BCUT2D eigenvalue weighted by Gasteiger charge is 2.15. The number of esters is 1. The molecule has 0 saturated carbocycles. The molecular formula is C10H10Cl2N2O4. The van der Waals surface area contributed by atoms with Crippen LogP contribution in [-0.2, 0) is 9.53 Å². The van der Waals surface area contributed by atoms with Crippen molar-refractivity contribution < 1.29 is 14.5 Å². The number of ether oxygens (including phenoxy) is 1. The Morgan fingerprint density at radius 1 is 1.44 bits per heavy atom. The van der Waals surface area contributed by atoms with Crippen LogP contribution < -0.4 is 5.32 Å². The molecule has 0 amide bonds. The van der Waals surface area contributed by atoms with Gasteiger partial charge in [0, 0.05) is 12.1 Å². The van der Waals surface area contributed by atoms with Gasteiger partial charge in [-0.25, -0.2) is 0 Å². The fraction of sp³-hybridized carbons (Fsp3) is 0.300. The lowest BCUT2D eigenvalue weighted by atomic mass is 10.3. The maximum atomic E-state index is 11.1. The maximum absolute atomic E-state index is 11.1. The second-order valence-corrected chi connectivity index (χ2v) is 4.01. The topological polar surface area (TPSA) is 81.5 Å². The van der Waals surface area contributed by atoms with E-state index in [4.69, 9.17) is 27.9 Å². The highest BCUT2D eigenvalue weighted by Crippen LogP contribution is 2.34. The van der Waals surface area contributed by atoms with Gasteiger partial charge in [0.05, 0.1) is 27.3 Å². The lowest BCUT2D eigenvalue weighted by Crippen LogP contribution is -2.17. The van der Waals surface area contributed by atoms with Crippen molar-refractivity contribution in [3.05, 3.63) is 32.3 Å². The molecule has 1 aromatic rings. The smallest absolute Gasteiger partial charge is 0.325 e. The average Bonchev–Trinajstić information content (AvgIpc) is 2.27. The summed E-state index contributed by atoms with van der Waals surface area (Å²) in [5, 5.41) is 13.4. The third-order valence-electron chi connectivity index (χ3n) is 1.95. The van der Waals surface area contributed by atoms with E-state index in [1.54, 1.807) is 6.92 Å². The van der Waals surface area contributed by atoms with Crippen LogP contribution in [0.3, 0.4) is 0 Å². The first-order valence-electron chi connectivity index (χ1n) is 4.98. The van der Waals surface area contributed by atoms with E-state index in [0.717, 1.165) is 12.1 Å². The van der Waals surface area contributed by atoms with E-state index >= 15 is 0 Å². The quantitative estimate of drug-likeness (QED) is 0.513. The Labute approximate surface area is 113 Å². The number of nitrogens with zero attached hydrogens (tertiary/aromatic N) is 1. The Morgan fingerprint density at radius 3 is 2.44 bits per heavy atom. The SMILES string of the molecule is CCOC(=O)CNc1c(Cl)cc([N+](=O)[O-])cc1Cl. The normalized spacial score (nSPS) is 9.94. The monoisotopic (exact) mass is 292 g/mol. The number of halogens is 2. The van der Waals surface area contributed by atoms with Crippen molar-refractivity contribution in [2.45, 2.75) is 6.92 Å². The second-order valence-electron chi connectivity index (χ2n) is 3.20. The Hall–Kier alpha value is -1.53. The molecule has 0 aliphatic heterocycles. The van der Waals surface area contributed by atoms with E-state index in [0.29, 0.717) is 0 Å². The van der Waals surface area contributed by atoms with E-state index in [2.05, 4.69) is 5.32 Å². The van der Waals surface area contributed by atoms with Gasteiger partial charge in [-0.15, -0.1) is 0 Å². The third kappa shape index (κ3) is 3.75. The maximum Gasteiger partial charge on any atom is 0.325 e. The minimum Gasteiger partial charge on any atom is -0.465 e. The Bertz CT molecular complexity index is 456. The molecule has 18 heavy (non-hydrogen) atoms. The number of nitrogens with one attached hydrogen (secondary N) is 1. The fourth-order valence-electron chi connectivity index (χ4n) is 1.21. The van der Waals surface area contributed by atoms with E-state index in [1.807, 2.05) is 0 Å². The Balaban J connectivity index is 2.84. The molecule has 8 heteroatoms. The Kier molecular flexibility index (Phi) is 5.18. The largest absolute Gasteiger partial charge is 0.465 e. The van der Waals surface area contributed by atoms with Gasteiger partial charge in [-0.3, -0.25) is 14.9 Å². The van der Waals surface area contributed by atoms with Gasteiger partial charge in [0.25, 0.3) is 5.69 Å². The summed E-state index contributed by atoms with van der Waals surface area (Å²) in [6, 6.07) is 2.31. The van der Waals surface area contributed by atoms with Gasteiger partial charge in [0.2, 0.25) is 0 Å². The summed E-state index contributed by atoms with van der Waals surface area (Å²) < 4.78 is 4.71. The molecule has 0 spiro atoms. The Morgan fingerprint density at radius 2 is 2.00 bits per heavy atom. The summed E-state index contributed by atoms with van der Waals surface area (Å²) in [5.74, 6) is -0.469. The zero-order valence-corrected chi connectivity index (χ0v) is 10.9. The summed E-state index contributed by atoms with van der Waals surface area (Å²) >= 11 is 11.7. The first-order chi connectivity index (χ1) is 8.45. The summed E-state index contributed by atoms with van der Waals surface area (Å²) in [6.45, 7) is 1.83. The fourth-order valence-corrected chi connectivity index (χ4v) is 1.82. The minimum atomic E-state index is -0.604. The third-order valence-corrected chi connectivity index (χ3v) is 2.55. The summed E-state index contributed by atoms with van der Waals surface area (Å²) in [5.41, 5.74) is 0.0451. The molecule has 0 heterocycles. The molecule has 6 nitrogen and oxygen atoms in total. The van der Waals surface area contributed by atoms with Crippen molar-refractivity contribution in [3.63, 3.8) is 0 Å². The van der Waals surface area contributed by atoms with Crippen molar-refractivity contribution >= 4 is 40.5 Å². The molecular weight excluding hydrogens is 283 g/mol. The van der Waals surface area contributed by atoms with Crippen molar-refractivity contribution in [2.24, 2.45) is 0 Å². The number of nitro benzene ring substituents is 1. The first-order valence-corrected chi connectivity index (χ1v) is 5.74. The van der Waals surface area contributed by atoms with Crippen LogP contribution in [0.1, 0.15) is 6.92 Å². The molecule has 0 unspecified atom stereocenters. The van der Waals surface area contributed by atoms with Crippen molar-refractivity contribution in [3.8, 4) is 0 Å². The van der Waals surface area contributed by atoms with Gasteiger partial charge < -0.3 is 10.1 Å². The highest BCUT2D eigenvalue weighted by molar-refractivity contribution is 6.39. The van der Waals surface area contributed by atoms with Crippen LogP contribution in [0.25, 0.3) is 0 Å². The van der Waals surface area contributed by atoms with Crippen molar-refractivity contribution in [1.29, 1.82) is 0 Å². The van der Waals surface area contributed by atoms with E-state index < -0.39 is 10.9 Å². The lowest BCUT2D eigenvalue weighted by molar-refractivity contribution is -0.384. The van der Waals surface area contributed by atoms with E-state index in [9.17, 15) is 14.9 Å². The van der Waals surface area contributed by atoms with Crippen molar-refractivity contribution in [1.82, 2.24) is 0 Å². The van der Waals surface area contributed by atoms with Crippen LogP contribution in [0.4, 0.5) is 11.4 Å². The average molecular weight is 293 g/mol. The van der Waals surface area contributed by atoms with E-state index in [1.165, 1.54) is 0 Å². The van der Waals surface area contributed by atoms with Crippen LogP contribution in [0.15, 0.2) is 12.1 Å². The van der Waals surface area contributed by atoms with Gasteiger partial charge in [-0.1, -0.05) is 23.2 Å². The predicted molar refractivity (Wildman–Crippen MR) is 68.2 cm³/mol. The lowest BCUT2D eigenvalue weighted by Gasteiger charge is -2.09. The zero-order chi connectivity index (χ0) is 13.7.